The minimum Gasteiger partial charge on any atom is -0.408 e. The highest BCUT2D eigenvalue weighted by Crippen LogP contribution is 2.36. The van der Waals surface area contributed by atoms with Gasteiger partial charge in [0.05, 0.1) is 10.4 Å². The van der Waals surface area contributed by atoms with Crippen LogP contribution in [0.1, 0.15) is 43.0 Å². The molecule has 160 valence electrons. The lowest BCUT2D eigenvalue weighted by molar-refractivity contribution is 0.384. The van der Waals surface area contributed by atoms with E-state index < -0.39 is 15.8 Å². The summed E-state index contributed by atoms with van der Waals surface area (Å²) in [4.78, 5) is 16.1. The Balaban J connectivity index is 1.27. The molecule has 0 radical (unpaired) electrons. The first-order valence-corrected chi connectivity index (χ1v) is 12.5. The van der Waals surface area contributed by atoms with Crippen LogP contribution in [-0.2, 0) is 10.0 Å². The van der Waals surface area contributed by atoms with Gasteiger partial charge in [-0.05, 0) is 25.0 Å². The lowest BCUT2D eigenvalue weighted by Crippen LogP contribution is -2.48. The molecule has 0 unspecified atom stereocenters. The summed E-state index contributed by atoms with van der Waals surface area (Å²) in [6.45, 7) is 1.88. The van der Waals surface area contributed by atoms with Crippen LogP contribution in [0.2, 0.25) is 0 Å². The van der Waals surface area contributed by atoms with Gasteiger partial charge < -0.3 is 9.32 Å². The topological polar surface area (TPSA) is 112 Å². The quantitative estimate of drug-likeness (QED) is 0.651. The second-order valence-electron chi connectivity index (χ2n) is 7.82. The number of aromatic nitrogens is 3. The molecule has 0 spiro atoms. The Morgan fingerprint density at radius 1 is 1.07 bits per heavy atom. The zero-order chi connectivity index (χ0) is 20.7. The third-order valence-electron chi connectivity index (χ3n) is 5.92. The monoisotopic (exact) mass is 449 g/mol. The fourth-order valence-corrected chi connectivity index (χ4v) is 6.73. The second kappa shape index (κ2) is 7.78. The van der Waals surface area contributed by atoms with Crippen molar-refractivity contribution in [3.63, 3.8) is 0 Å². The maximum Gasteiger partial charge on any atom is 0.417 e. The van der Waals surface area contributed by atoms with Crippen molar-refractivity contribution in [2.24, 2.45) is 0 Å². The maximum atomic E-state index is 13.0. The normalized spacial score (nSPS) is 19.5. The zero-order valence-corrected chi connectivity index (χ0v) is 18.0. The van der Waals surface area contributed by atoms with Crippen LogP contribution in [0.3, 0.4) is 0 Å². The number of rotatable bonds is 4. The molecule has 1 saturated carbocycles. The van der Waals surface area contributed by atoms with Gasteiger partial charge in [-0.25, -0.2) is 13.2 Å². The van der Waals surface area contributed by atoms with Crippen molar-refractivity contribution < 1.29 is 12.8 Å². The Hall–Kier alpha value is -2.24. The lowest BCUT2D eigenvalue weighted by atomic mass is 9.90. The van der Waals surface area contributed by atoms with Crippen molar-refractivity contribution in [3.05, 3.63) is 33.8 Å². The lowest BCUT2D eigenvalue weighted by Gasteiger charge is -2.33. The van der Waals surface area contributed by atoms with Crippen molar-refractivity contribution in [2.45, 2.75) is 42.9 Å². The summed E-state index contributed by atoms with van der Waals surface area (Å²) in [5.74, 6) is -0.0760. The van der Waals surface area contributed by atoms with E-state index in [-0.39, 0.29) is 10.5 Å². The third kappa shape index (κ3) is 3.65. The zero-order valence-electron chi connectivity index (χ0n) is 16.4. The number of aromatic amines is 1. The number of fused-ring (bicyclic) bond motifs is 1. The largest absolute Gasteiger partial charge is 0.417 e. The SMILES string of the molecule is O=c1[nH]c2ccc(S(=O)(=O)N3CCN(c4nnc(C5CCCCC5)s4)CC3)cc2o1. The first-order chi connectivity index (χ1) is 14.5. The number of oxazole rings is 1. The molecule has 0 atom stereocenters. The van der Waals surface area contributed by atoms with E-state index in [0.717, 1.165) is 10.1 Å². The standard InChI is InChI=1S/C19H23N5O4S2/c25-19-20-15-7-6-14(12-16(15)28-19)30(26,27)24-10-8-23(9-11-24)18-22-21-17(29-18)13-4-2-1-3-5-13/h6-7,12-13H,1-5,8-11H2,(H,20,25). The van der Waals surface area contributed by atoms with E-state index in [9.17, 15) is 13.2 Å². The molecule has 3 heterocycles. The highest BCUT2D eigenvalue weighted by atomic mass is 32.2. The Morgan fingerprint density at radius 2 is 1.83 bits per heavy atom. The summed E-state index contributed by atoms with van der Waals surface area (Å²) in [6, 6.07) is 4.45. The molecule has 9 nitrogen and oxygen atoms in total. The second-order valence-corrected chi connectivity index (χ2v) is 10.7. The predicted octanol–water partition coefficient (Wildman–Crippen LogP) is 2.53. The van der Waals surface area contributed by atoms with Crippen LogP contribution in [0.25, 0.3) is 11.1 Å². The Bertz CT molecular complexity index is 1200. The molecule has 3 aromatic rings. The van der Waals surface area contributed by atoms with Crippen molar-refractivity contribution >= 4 is 37.6 Å². The predicted molar refractivity (Wildman–Crippen MR) is 114 cm³/mol. The van der Waals surface area contributed by atoms with Crippen molar-refractivity contribution in [2.75, 3.05) is 31.1 Å². The molecule has 5 rings (SSSR count). The molecule has 1 aromatic carbocycles. The molecular formula is C19H23N5O4S2. The van der Waals surface area contributed by atoms with Crippen molar-refractivity contribution in [1.29, 1.82) is 0 Å². The molecule has 30 heavy (non-hydrogen) atoms. The van der Waals surface area contributed by atoms with Crippen LogP contribution in [0.5, 0.6) is 0 Å². The van der Waals surface area contributed by atoms with Crippen LogP contribution < -0.4 is 10.7 Å². The van der Waals surface area contributed by atoms with Gasteiger partial charge in [-0.3, -0.25) is 4.98 Å². The average Bonchev–Trinajstić information content (AvgIpc) is 3.40. The van der Waals surface area contributed by atoms with E-state index in [4.69, 9.17) is 4.42 Å². The number of piperazine rings is 1. The van der Waals surface area contributed by atoms with E-state index in [1.54, 1.807) is 17.4 Å². The van der Waals surface area contributed by atoms with Gasteiger partial charge in [-0.2, -0.15) is 4.31 Å². The van der Waals surface area contributed by atoms with Crippen LogP contribution in [0, 0.1) is 0 Å². The fraction of sp³-hybridized carbons (Fsp3) is 0.526. The minimum atomic E-state index is -3.66. The first kappa shape index (κ1) is 19.7. The van der Waals surface area contributed by atoms with Gasteiger partial charge in [-0.1, -0.05) is 30.6 Å². The van der Waals surface area contributed by atoms with Crippen molar-refractivity contribution in [1.82, 2.24) is 19.5 Å². The minimum absolute atomic E-state index is 0.127. The molecule has 1 aliphatic heterocycles. The number of benzene rings is 1. The van der Waals surface area contributed by atoms with Crippen LogP contribution in [0.15, 0.2) is 32.3 Å². The number of hydrogen-bond donors (Lipinski definition) is 1. The molecule has 11 heteroatoms. The Labute approximate surface area is 177 Å². The van der Waals surface area contributed by atoms with Crippen LogP contribution in [-0.4, -0.2) is 54.1 Å². The maximum absolute atomic E-state index is 13.0. The number of nitrogens with one attached hydrogen (secondary N) is 1. The molecule has 2 aliphatic rings. The average molecular weight is 450 g/mol. The van der Waals surface area contributed by atoms with Gasteiger partial charge in [0.15, 0.2) is 5.58 Å². The summed E-state index contributed by atoms with van der Waals surface area (Å²) < 4.78 is 32.6. The molecule has 2 fully saturated rings. The summed E-state index contributed by atoms with van der Waals surface area (Å²) in [6.07, 6.45) is 6.20. The molecular weight excluding hydrogens is 426 g/mol. The highest BCUT2D eigenvalue weighted by molar-refractivity contribution is 7.89. The van der Waals surface area contributed by atoms with Gasteiger partial charge in [0, 0.05) is 38.2 Å². The van der Waals surface area contributed by atoms with E-state index in [1.165, 1.54) is 48.5 Å². The summed E-state index contributed by atoms with van der Waals surface area (Å²) in [5, 5.41) is 10.8. The Morgan fingerprint density at radius 3 is 2.60 bits per heavy atom. The molecule has 1 N–H and O–H groups in total. The molecule has 2 aromatic heterocycles. The van der Waals surface area contributed by atoms with E-state index in [0.29, 0.717) is 37.6 Å². The molecule has 1 saturated heterocycles. The molecule has 1 aliphatic carbocycles. The smallest absolute Gasteiger partial charge is 0.408 e. The number of sulfonamides is 1. The van der Waals surface area contributed by atoms with E-state index in [1.807, 2.05) is 0 Å². The van der Waals surface area contributed by atoms with Crippen molar-refractivity contribution in [3.8, 4) is 0 Å². The Kier molecular flexibility index (Phi) is 5.11. The molecule has 0 bridgehead atoms. The summed E-state index contributed by atoms with van der Waals surface area (Å²) in [5.41, 5.74) is 0.720. The highest BCUT2D eigenvalue weighted by Gasteiger charge is 2.30. The molecule has 0 amide bonds. The number of hydrogen-bond acceptors (Lipinski definition) is 8. The number of nitrogens with zero attached hydrogens (tertiary/aromatic N) is 4. The summed E-state index contributed by atoms with van der Waals surface area (Å²) in [7, 11) is -3.66. The number of H-pyrrole nitrogens is 1. The fourth-order valence-electron chi connectivity index (χ4n) is 4.22. The van der Waals surface area contributed by atoms with Gasteiger partial charge in [-0.15, -0.1) is 10.2 Å². The van der Waals surface area contributed by atoms with Gasteiger partial charge in [0.2, 0.25) is 15.2 Å². The van der Waals surface area contributed by atoms with Gasteiger partial charge in [0.1, 0.15) is 5.01 Å². The van der Waals surface area contributed by atoms with Gasteiger partial charge in [0.25, 0.3) is 0 Å². The summed E-state index contributed by atoms with van der Waals surface area (Å²) >= 11 is 1.65. The van der Waals surface area contributed by atoms with Gasteiger partial charge >= 0.3 is 5.76 Å². The third-order valence-corrected chi connectivity index (χ3v) is 8.96. The van der Waals surface area contributed by atoms with E-state index >= 15 is 0 Å². The van der Waals surface area contributed by atoms with Crippen LogP contribution >= 0.6 is 11.3 Å². The number of anilines is 1. The van der Waals surface area contributed by atoms with E-state index in [2.05, 4.69) is 20.1 Å². The first-order valence-electron chi connectivity index (χ1n) is 10.2. The van der Waals surface area contributed by atoms with Crippen LogP contribution in [0.4, 0.5) is 5.13 Å².